The van der Waals surface area contributed by atoms with E-state index in [1.165, 1.54) is 5.56 Å². The Balaban J connectivity index is 2.40. The molecule has 1 N–H and O–H groups in total. The number of thiazole rings is 1. The molecule has 0 unspecified atom stereocenters. The number of methoxy groups -OCH3 is 1. The standard InChI is InChI=1S/C14H17NO2S/c1-3-10-4-5-13(17-2)12(8-10)14-15-11(6-7-16)9-18-14/h4-5,8-9,16H,3,6-7H2,1-2H3. The summed E-state index contributed by atoms with van der Waals surface area (Å²) in [5.74, 6) is 0.845. The largest absolute Gasteiger partial charge is 0.496 e. The second-order valence-electron chi connectivity index (χ2n) is 4.01. The number of hydrogen-bond donors (Lipinski definition) is 1. The van der Waals surface area contributed by atoms with E-state index in [-0.39, 0.29) is 6.61 Å². The molecular formula is C14H17NO2S. The number of benzene rings is 1. The van der Waals surface area contributed by atoms with E-state index in [0.29, 0.717) is 6.42 Å². The van der Waals surface area contributed by atoms with Crippen LogP contribution in [0.15, 0.2) is 23.6 Å². The molecule has 4 heteroatoms. The second kappa shape index (κ2) is 5.98. The third-order valence-corrected chi connectivity index (χ3v) is 3.75. The van der Waals surface area contributed by atoms with Crippen LogP contribution in [0, 0.1) is 0 Å². The van der Waals surface area contributed by atoms with Crippen molar-refractivity contribution in [1.82, 2.24) is 4.98 Å². The molecule has 0 amide bonds. The zero-order valence-electron chi connectivity index (χ0n) is 10.6. The van der Waals surface area contributed by atoms with Crippen molar-refractivity contribution in [3.05, 3.63) is 34.8 Å². The summed E-state index contributed by atoms with van der Waals surface area (Å²) in [6.45, 7) is 2.26. The van der Waals surface area contributed by atoms with E-state index >= 15 is 0 Å². The van der Waals surface area contributed by atoms with Crippen molar-refractivity contribution in [3.63, 3.8) is 0 Å². The van der Waals surface area contributed by atoms with Gasteiger partial charge in [-0.25, -0.2) is 4.98 Å². The van der Waals surface area contributed by atoms with Crippen molar-refractivity contribution in [2.45, 2.75) is 19.8 Å². The van der Waals surface area contributed by atoms with Crippen LogP contribution in [-0.2, 0) is 12.8 Å². The Morgan fingerprint density at radius 1 is 1.39 bits per heavy atom. The van der Waals surface area contributed by atoms with Crippen LogP contribution < -0.4 is 4.74 Å². The molecule has 0 spiro atoms. The normalized spacial score (nSPS) is 10.6. The van der Waals surface area contributed by atoms with Gasteiger partial charge in [0.2, 0.25) is 0 Å². The van der Waals surface area contributed by atoms with Crippen molar-refractivity contribution >= 4 is 11.3 Å². The van der Waals surface area contributed by atoms with Gasteiger partial charge in [0.05, 0.1) is 18.4 Å². The molecule has 1 aromatic carbocycles. The highest BCUT2D eigenvalue weighted by molar-refractivity contribution is 7.13. The summed E-state index contributed by atoms with van der Waals surface area (Å²) in [6, 6.07) is 6.19. The lowest BCUT2D eigenvalue weighted by atomic mass is 10.1. The quantitative estimate of drug-likeness (QED) is 0.902. The summed E-state index contributed by atoms with van der Waals surface area (Å²) in [4.78, 5) is 4.53. The van der Waals surface area contributed by atoms with Crippen LogP contribution in [0.25, 0.3) is 10.6 Å². The van der Waals surface area contributed by atoms with Gasteiger partial charge < -0.3 is 9.84 Å². The Bertz CT molecular complexity index is 522. The van der Waals surface area contributed by atoms with Gasteiger partial charge in [0, 0.05) is 18.4 Å². The van der Waals surface area contributed by atoms with Gasteiger partial charge in [0.1, 0.15) is 10.8 Å². The first-order valence-electron chi connectivity index (χ1n) is 6.01. The van der Waals surface area contributed by atoms with Crippen LogP contribution in [0.5, 0.6) is 5.75 Å². The molecule has 2 aromatic rings. The number of rotatable bonds is 5. The predicted octanol–water partition coefficient (Wildman–Crippen LogP) is 2.92. The molecule has 0 radical (unpaired) electrons. The monoisotopic (exact) mass is 263 g/mol. The van der Waals surface area contributed by atoms with Crippen LogP contribution in [0.1, 0.15) is 18.2 Å². The highest BCUT2D eigenvalue weighted by atomic mass is 32.1. The number of nitrogens with zero attached hydrogens (tertiary/aromatic N) is 1. The lowest BCUT2D eigenvalue weighted by molar-refractivity contribution is 0.298. The number of aryl methyl sites for hydroxylation is 1. The van der Waals surface area contributed by atoms with Crippen LogP contribution in [0.2, 0.25) is 0 Å². The lowest BCUT2D eigenvalue weighted by Crippen LogP contribution is -1.92. The van der Waals surface area contributed by atoms with Crippen molar-refractivity contribution < 1.29 is 9.84 Å². The minimum atomic E-state index is 0.134. The van der Waals surface area contributed by atoms with E-state index in [1.807, 2.05) is 11.4 Å². The van der Waals surface area contributed by atoms with Gasteiger partial charge in [-0.15, -0.1) is 11.3 Å². The second-order valence-corrected chi connectivity index (χ2v) is 4.86. The SMILES string of the molecule is CCc1ccc(OC)c(-c2nc(CCO)cs2)c1. The first-order valence-corrected chi connectivity index (χ1v) is 6.89. The number of aliphatic hydroxyl groups excluding tert-OH is 1. The average molecular weight is 263 g/mol. The third kappa shape index (κ3) is 2.71. The van der Waals surface area contributed by atoms with Gasteiger partial charge in [-0.2, -0.15) is 0 Å². The smallest absolute Gasteiger partial charge is 0.129 e. The summed E-state index contributed by atoms with van der Waals surface area (Å²) in [5.41, 5.74) is 3.23. The van der Waals surface area contributed by atoms with Gasteiger partial charge in [-0.1, -0.05) is 13.0 Å². The van der Waals surface area contributed by atoms with Crippen molar-refractivity contribution in [1.29, 1.82) is 0 Å². The zero-order chi connectivity index (χ0) is 13.0. The van der Waals surface area contributed by atoms with Crippen LogP contribution in [-0.4, -0.2) is 23.8 Å². The summed E-state index contributed by atoms with van der Waals surface area (Å²) >= 11 is 1.59. The molecule has 0 bridgehead atoms. The fourth-order valence-corrected chi connectivity index (χ4v) is 2.68. The maximum atomic E-state index is 8.92. The molecule has 0 saturated heterocycles. The first-order chi connectivity index (χ1) is 8.78. The molecule has 0 aliphatic carbocycles. The molecule has 0 fully saturated rings. The Kier molecular flexibility index (Phi) is 4.33. The summed E-state index contributed by atoms with van der Waals surface area (Å²) in [6.07, 6.45) is 1.60. The van der Waals surface area contributed by atoms with E-state index in [9.17, 15) is 0 Å². The molecular weight excluding hydrogens is 246 g/mol. The highest BCUT2D eigenvalue weighted by Gasteiger charge is 2.10. The molecule has 0 atom stereocenters. The molecule has 0 saturated carbocycles. The van der Waals surface area contributed by atoms with E-state index < -0.39 is 0 Å². The topological polar surface area (TPSA) is 42.4 Å². The van der Waals surface area contributed by atoms with Crippen LogP contribution >= 0.6 is 11.3 Å². The molecule has 1 heterocycles. The van der Waals surface area contributed by atoms with Crippen molar-refractivity contribution in [2.24, 2.45) is 0 Å². The molecule has 18 heavy (non-hydrogen) atoms. The average Bonchev–Trinajstić information content (AvgIpc) is 2.87. The number of aliphatic hydroxyl groups is 1. The van der Waals surface area contributed by atoms with Gasteiger partial charge in [-0.3, -0.25) is 0 Å². The summed E-state index contributed by atoms with van der Waals surface area (Å²) < 4.78 is 5.39. The third-order valence-electron chi connectivity index (χ3n) is 2.82. The maximum Gasteiger partial charge on any atom is 0.129 e. The van der Waals surface area contributed by atoms with Crippen molar-refractivity contribution in [2.75, 3.05) is 13.7 Å². The molecule has 96 valence electrons. The fraction of sp³-hybridized carbons (Fsp3) is 0.357. The fourth-order valence-electron chi connectivity index (χ4n) is 1.80. The number of ether oxygens (including phenoxy) is 1. The number of hydrogen-bond acceptors (Lipinski definition) is 4. The Labute approximate surface area is 111 Å². The van der Waals surface area contributed by atoms with E-state index in [2.05, 4.69) is 24.0 Å². The van der Waals surface area contributed by atoms with E-state index in [0.717, 1.165) is 28.4 Å². The van der Waals surface area contributed by atoms with E-state index in [4.69, 9.17) is 9.84 Å². The number of aromatic nitrogens is 1. The highest BCUT2D eigenvalue weighted by Crippen LogP contribution is 2.33. The van der Waals surface area contributed by atoms with Crippen LogP contribution in [0.4, 0.5) is 0 Å². The van der Waals surface area contributed by atoms with Gasteiger partial charge >= 0.3 is 0 Å². The Morgan fingerprint density at radius 3 is 2.89 bits per heavy atom. The molecule has 2 rings (SSSR count). The van der Waals surface area contributed by atoms with Crippen LogP contribution in [0.3, 0.4) is 0 Å². The minimum Gasteiger partial charge on any atom is -0.496 e. The predicted molar refractivity (Wildman–Crippen MR) is 74.3 cm³/mol. The molecule has 3 nitrogen and oxygen atoms in total. The Morgan fingerprint density at radius 2 is 2.22 bits per heavy atom. The minimum absolute atomic E-state index is 0.134. The maximum absolute atomic E-state index is 8.92. The van der Waals surface area contributed by atoms with Gasteiger partial charge in [0.15, 0.2) is 0 Å². The zero-order valence-corrected chi connectivity index (χ0v) is 11.5. The Hall–Kier alpha value is -1.39. The summed E-state index contributed by atoms with van der Waals surface area (Å²) in [7, 11) is 1.67. The van der Waals surface area contributed by atoms with E-state index in [1.54, 1.807) is 18.4 Å². The first kappa shape index (κ1) is 13.1. The lowest BCUT2D eigenvalue weighted by Gasteiger charge is -2.07. The van der Waals surface area contributed by atoms with Gasteiger partial charge in [-0.05, 0) is 24.1 Å². The van der Waals surface area contributed by atoms with Crippen molar-refractivity contribution in [3.8, 4) is 16.3 Å². The molecule has 0 aliphatic heterocycles. The summed E-state index contributed by atoms with van der Waals surface area (Å²) in [5, 5.41) is 11.9. The molecule has 0 aliphatic rings. The molecule has 1 aromatic heterocycles. The van der Waals surface area contributed by atoms with Gasteiger partial charge in [0.25, 0.3) is 0 Å².